The van der Waals surface area contributed by atoms with E-state index in [2.05, 4.69) is 46.1 Å². The zero-order valence-corrected chi connectivity index (χ0v) is 13.8. The highest BCUT2D eigenvalue weighted by atomic mass is 16.1. The standard InChI is InChI=1S/C20H21N3O/c1-14-7-2-3-8-15(14)19-11-6-12-23(19)13-18-20(24)22-17-10-5-4-9-16(17)21-18/h2-5,7-10,19H,6,11-13H2,1H3,(H,22,24)/t19-/m0/s1. The summed E-state index contributed by atoms with van der Waals surface area (Å²) in [4.78, 5) is 22.3. The Morgan fingerprint density at radius 2 is 1.96 bits per heavy atom. The number of aryl methyl sites for hydroxylation is 1. The number of benzene rings is 2. The van der Waals surface area contributed by atoms with Gasteiger partial charge in [0.15, 0.2) is 0 Å². The Morgan fingerprint density at radius 1 is 1.17 bits per heavy atom. The van der Waals surface area contributed by atoms with Crippen LogP contribution in [0.25, 0.3) is 11.0 Å². The van der Waals surface area contributed by atoms with E-state index in [4.69, 9.17) is 0 Å². The average Bonchev–Trinajstić information content (AvgIpc) is 3.04. The summed E-state index contributed by atoms with van der Waals surface area (Å²) in [6.07, 6.45) is 2.29. The van der Waals surface area contributed by atoms with Gasteiger partial charge in [0.25, 0.3) is 5.56 Å². The van der Waals surface area contributed by atoms with Crippen LogP contribution in [0.4, 0.5) is 0 Å². The molecule has 0 amide bonds. The van der Waals surface area contributed by atoms with Gasteiger partial charge in [-0.1, -0.05) is 36.4 Å². The number of para-hydroxylation sites is 2. The highest BCUT2D eigenvalue weighted by Gasteiger charge is 2.27. The second-order valence-corrected chi connectivity index (χ2v) is 6.51. The largest absolute Gasteiger partial charge is 0.319 e. The van der Waals surface area contributed by atoms with Gasteiger partial charge in [-0.25, -0.2) is 4.98 Å². The Balaban J connectivity index is 1.66. The number of rotatable bonds is 3. The van der Waals surface area contributed by atoms with E-state index in [1.807, 2.05) is 24.3 Å². The number of aromatic amines is 1. The third-order valence-electron chi connectivity index (χ3n) is 4.93. The fraction of sp³-hybridized carbons (Fsp3) is 0.300. The van der Waals surface area contributed by atoms with Crippen molar-refractivity contribution in [3.8, 4) is 0 Å². The molecule has 1 aliphatic rings. The molecule has 0 saturated carbocycles. The molecule has 0 radical (unpaired) electrons. The molecule has 0 bridgehead atoms. The highest BCUT2D eigenvalue weighted by Crippen LogP contribution is 2.34. The molecule has 24 heavy (non-hydrogen) atoms. The predicted molar refractivity (Wildman–Crippen MR) is 95.9 cm³/mol. The molecule has 0 aliphatic carbocycles. The highest BCUT2D eigenvalue weighted by molar-refractivity contribution is 5.73. The van der Waals surface area contributed by atoms with Crippen LogP contribution in [-0.4, -0.2) is 21.4 Å². The fourth-order valence-electron chi connectivity index (χ4n) is 3.70. The SMILES string of the molecule is Cc1ccccc1[C@@H]1CCCN1Cc1nc2ccccc2[nH]c1=O. The molecule has 1 N–H and O–H groups in total. The Morgan fingerprint density at radius 3 is 2.83 bits per heavy atom. The maximum atomic E-state index is 12.4. The van der Waals surface area contributed by atoms with Crippen LogP contribution in [0.2, 0.25) is 0 Å². The third kappa shape index (κ3) is 2.74. The molecule has 122 valence electrons. The lowest BCUT2D eigenvalue weighted by Crippen LogP contribution is -2.28. The maximum absolute atomic E-state index is 12.4. The van der Waals surface area contributed by atoms with Crippen molar-refractivity contribution in [3.63, 3.8) is 0 Å². The van der Waals surface area contributed by atoms with Gasteiger partial charge in [-0.2, -0.15) is 0 Å². The molecule has 2 aromatic carbocycles. The Bertz CT molecular complexity index is 931. The second-order valence-electron chi connectivity index (χ2n) is 6.51. The minimum absolute atomic E-state index is 0.0795. The number of H-pyrrole nitrogens is 1. The van der Waals surface area contributed by atoms with Gasteiger partial charge in [0, 0.05) is 12.6 Å². The number of aromatic nitrogens is 2. The number of hydrogen-bond donors (Lipinski definition) is 1. The quantitative estimate of drug-likeness (QED) is 0.803. The summed E-state index contributed by atoms with van der Waals surface area (Å²) in [7, 11) is 0. The summed E-state index contributed by atoms with van der Waals surface area (Å²) in [6.45, 7) is 3.76. The fourth-order valence-corrected chi connectivity index (χ4v) is 3.70. The van der Waals surface area contributed by atoms with Crippen LogP contribution < -0.4 is 5.56 Å². The van der Waals surface area contributed by atoms with Gasteiger partial charge in [-0.15, -0.1) is 0 Å². The van der Waals surface area contributed by atoms with Gasteiger partial charge < -0.3 is 4.98 Å². The van der Waals surface area contributed by atoms with Crippen LogP contribution in [0, 0.1) is 6.92 Å². The van der Waals surface area contributed by atoms with Crippen molar-refractivity contribution in [3.05, 3.63) is 75.7 Å². The molecule has 4 heteroatoms. The first-order chi connectivity index (χ1) is 11.7. The van der Waals surface area contributed by atoms with Gasteiger partial charge in [-0.3, -0.25) is 9.69 Å². The summed E-state index contributed by atoms with van der Waals surface area (Å²) in [5, 5.41) is 0. The monoisotopic (exact) mass is 319 g/mol. The molecule has 0 unspecified atom stereocenters. The van der Waals surface area contributed by atoms with E-state index < -0.39 is 0 Å². The minimum Gasteiger partial charge on any atom is -0.319 e. The Labute approximate surface area is 141 Å². The lowest BCUT2D eigenvalue weighted by Gasteiger charge is -2.25. The zero-order chi connectivity index (χ0) is 16.5. The molecule has 4 rings (SSSR count). The average molecular weight is 319 g/mol. The lowest BCUT2D eigenvalue weighted by atomic mass is 9.99. The number of nitrogens with zero attached hydrogens (tertiary/aromatic N) is 2. The van der Waals surface area contributed by atoms with E-state index in [-0.39, 0.29) is 5.56 Å². The summed E-state index contributed by atoms with van der Waals surface area (Å²) in [6, 6.07) is 16.6. The van der Waals surface area contributed by atoms with Gasteiger partial charge in [0.2, 0.25) is 0 Å². The second kappa shape index (κ2) is 6.21. The number of likely N-dealkylation sites (tertiary alicyclic amines) is 1. The zero-order valence-electron chi connectivity index (χ0n) is 13.8. The first-order valence-electron chi connectivity index (χ1n) is 8.50. The first-order valence-corrected chi connectivity index (χ1v) is 8.50. The predicted octanol–water partition coefficient (Wildman–Crippen LogP) is 3.57. The molecule has 1 fully saturated rings. The van der Waals surface area contributed by atoms with Crippen LogP contribution in [0.15, 0.2) is 53.3 Å². The lowest BCUT2D eigenvalue weighted by molar-refractivity contribution is 0.244. The van der Waals surface area contributed by atoms with Crippen molar-refractivity contribution in [2.45, 2.75) is 32.4 Å². The molecule has 2 heterocycles. The molecule has 3 aromatic rings. The number of fused-ring (bicyclic) bond motifs is 1. The van der Waals surface area contributed by atoms with Crippen molar-refractivity contribution >= 4 is 11.0 Å². The molecule has 1 aliphatic heterocycles. The van der Waals surface area contributed by atoms with E-state index in [9.17, 15) is 4.79 Å². The number of nitrogens with one attached hydrogen (secondary N) is 1. The molecule has 1 aromatic heterocycles. The molecule has 0 spiro atoms. The van der Waals surface area contributed by atoms with Crippen molar-refractivity contribution in [2.75, 3.05) is 6.54 Å². The summed E-state index contributed by atoms with van der Waals surface area (Å²) >= 11 is 0. The van der Waals surface area contributed by atoms with Crippen LogP contribution in [-0.2, 0) is 6.54 Å². The van der Waals surface area contributed by atoms with Crippen LogP contribution in [0.1, 0.15) is 35.7 Å². The van der Waals surface area contributed by atoms with Gasteiger partial charge in [0.05, 0.1) is 11.0 Å². The van der Waals surface area contributed by atoms with Crippen molar-refractivity contribution in [2.24, 2.45) is 0 Å². The van der Waals surface area contributed by atoms with Gasteiger partial charge in [0.1, 0.15) is 5.69 Å². The van der Waals surface area contributed by atoms with Gasteiger partial charge in [-0.05, 0) is 49.6 Å². The number of hydrogen-bond acceptors (Lipinski definition) is 3. The third-order valence-corrected chi connectivity index (χ3v) is 4.93. The van der Waals surface area contributed by atoms with Crippen molar-refractivity contribution < 1.29 is 0 Å². The van der Waals surface area contributed by atoms with Crippen LogP contribution in [0.3, 0.4) is 0 Å². The minimum atomic E-state index is -0.0795. The van der Waals surface area contributed by atoms with E-state index in [1.54, 1.807) is 0 Å². The maximum Gasteiger partial charge on any atom is 0.271 e. The Hall–Kier alpha value is -2.46. The van der Waals surface area contributed by atoms with Crippen LogP contribution in [0.5, 0.6) is 0 Å². The summed E-state index contributed by atoms with van der Waals surface area (Å²) in [5.74, 6) is 0. The molecule has 4 nitrogen and oxygen atoms in total. The smallest absolute Gasteiger partial charge is 0.271 e. The summed E-state index contributed by atoms with van der Waals surface area (Å²) < 4.78 is 0. The van der Waals surface area contributed by atoms with E-state index in [1.165, 1.54) is 11.1 Å². The van der Waals surface area contributed by atoms with Crippen molar-refractivity contribution in [1.29, 1.82) is 0 Å². The van der Waals surface area contributed by atoms with E-state index >= 15 is 0 Å². The van der Waals surface area contributed by atoms with E-state index in [0.717, 1.165) is 30.4 Å². The topological polar surface area (TPSA) is 49.0 Å². The van der Waals surface area contributed by atoms with Gasteiger partial charge >= 0.3 is 0 Å². The molecular weight excluding hydrogens is 298 g/mol. The molecule has 1 atom stereocenters. The normalized spacial score (nSPS) is 18.3. The van der Waals surface area contributed by atoms with Crippen molar-refractivity contribution in [1.82, 2.24) is 14.9 Å². The summed E-state index contributed by atoms with van der Waals surface area (Å²) in [5.41, 5.74) is 4.85. The molecular formula is C20H21N3O. The Kier molecular flexibility index (Phi) is 3.90. The van der Waals surface area contributed by atoms with Crippen LogP contribution >= 0.6 is 0 Å². The first kappa shape index (κ1) is 15.1. The van der Waals surface area contributed by atoms with E-state index in [0.29, 0.717) is 18.3 Å². The molecule has 1 saturated heterocycles.